The van der Waals surface area contributed by atoms with Crippen LogP contribution in [0.1, 0.15) is 26.2 Å². The van der Waals surface area contributed by atoms with E-state index < -0.39 is 24.7 Å². The van der Waals surface area contributed by atoms with Gasteiger partial charge in [-0.05, 0) is 19.3 Å². The van der Waals surface area contributed by atoms with Crippen molar-refractivity contribution in [2.24, 2.45) is 5.73 Å². The van der Waals surface area contributed by atoms with E-state index in [1.807, 2.05) is 0 Å². The average Bonchev–Trinajstić information content (AvgIpc) is 2.74. The van der Waals surface area contributed by atoms with Gasteiger partial charge < -0.3 is 15.4 Å². The summed E-state index contributed by atoms with van der Waals surface area (Å²) in [4.78, 5) is 12.8. The Hall–Kier alpha value is -0.820. The van der Waals surface area contributed by atoms with Crippen LogP contribution in [0.3, 0.4) is 0 Å². The Bertz CT molecular complexity index is 284. The smallest absolute Gasteiger partial charge is 0.364 e. The highest BCUT2D eigenvalue weighted by Gasteiger charge is 2.37. The minimum atomic E-state index is -4.38. The summed E-state index contributed by atoms with van der Waals surface area (Å²) >= 11 is 0. The van der Waals surface area contributed by atoms with Gasteiger partial charge in [-0.25, -0.2) is 0 Å². The summed E-state index contributed by atoms with van der Waals surface area (Å²) in [5.74, 6) is -0.579. The van der Waals surface area contributed by atoms with Gasteiger partial charge in [0.05, 0.1) is 6.10 Å². The van der Waals surface area contributed by atoms with Crippen LogP contribution in [-0.2, 0) is 9.53 Å². The van der Waals surface area contributed by atoms with E-state index in [0.717, 1.165) is 4.90 Å². The minimum Gasteiger partial charge on any atom is -0.364 e. The number of hydrogen-bond donors (Lipinski definition) is 1. The molecule has 0 aromatic rings. The van der Waals surface area contributed by atoms with Crippen LogP contribution in [0, 0.1) is 0 Å². The first-order valence-electron chi connectivity index (χ1n) is 6.08. The third-order valence-corrected chi connectivity index (χ3v) is 2.82. The molecular formula is C11H19F3N2O2. The van der Waals surface area contributed by atoms with E-state index >= 15 is 0 Å². The lowest BCUT2D eigenvalue weighted by Crippen LogP contribution is -2.44. The molecule has 0 aliphatic carbocycles. The van der Waals surface area contributed by atoms with E-state index in [0.29, 0.717) is 19.3 Å². The molecule has 0 saturated carbocycles. The Labute approximate surface area is 104 Å². The molecule has 1 heterocycles. The number of nitrogens with zero attached hydrogens (tertiary/aromatic N) is 1. The molecule has 2 N–H and O–H groups in total. The van der Waals surface area contributed by atoms with E-state index in [1.54, 1.807) is 6.92 Å². The van der Waals surface area contributed by atoms with E-state index in [-0.39, 0.29) is 19.2 Å². The fraction of sp³-hybridized carbons (Fsp3) is 0.909. The molecule has 106 valence electrons. The van der Waals surface area contributed by atoms with Crippen LogP contribution in [0.25, 0.3) is 0 Å². The standard InChI is InChI=1S/C11H19F3N2O2/c1-2-5-16(7-11(12,13)14)10(17)9-4-3-8(6-15)18-9/h8-9H,2-7,15H2,1H3. The summed E-state index contributed by atoms with van der Waals surface area (Å²) in [6.07, 6.45) is -3.82. The van der Waals surface area contributed by atoms with Crippen molar-refractivity contribution in [1.29, 1.82) is 0 Å². The number of ether oxygens (including phenoxy) is 1. The Balaban J connectivity index is 2.60. The number of rotatable bonds is 5. The van der Waals surface area contributed by atoms with Crippen molar-refractivity contribution in [3.8, 4) is 0 Å². The molecular weight excluding hydrogens is 249 g/mol. The predicted octanol–water partition coefficient (Wildman–Crippen LogP) is 1.29. The zero-order chi connectivity index (χ0) is 13.8. The first-order chi connectivity index (χ1) is 8.37. The van der Waals surface area contributed by atoms with Gasteiger partial charge in [-0.1, -0.05) is 6.92 Å². The molecule has 1 aliphatic rings. The van der Waals surface area contributed by atoms with Crippen molar-refractivity contribution in [1.82, 2.24) is 4.90 Å². The lowest BCUT2D eigenvalue weighted by Gasteiger charge is -2.26. The Morgan fingerprint density at radius 1 is 1.44 bits per heavy atom. The van der Waals surface area contributed by atoms with Crippen molar-refractivity contribution in [2.45, 2.75) is 44.6 Å². The lowest BCUT2D eigenvalue weighted by atomic mass is 10.1. The molecule has 0 spiro atoms. The molecule has 1 fully saturated rings. The van der Waals surface area contributed by atoms with E-state index in [9.17, 15) is 18.0 Å². The second kappa shape index (κ2) is 6.38. The molecule has 4 nitrogen and oxygen atoms in total. The molecule has 2 unspecified atom stereocenters. The summed E-state index contributed by atoms with van der Waals surface area (Å²) in [6, 6.07) is 0. The summed E-state index contributed by atoms with van der Waals surface area (Å²) in [7, 11) is 0. The lowest BCUT2D eigenvalue weighted by molar-refractivity contribution is -0.167. The molecule has 2 atom stereocenters. The van der Waals surface area contributed by atoms with Crippen molar-refractivity contribution in [2.75, 3.05) is 19.6 Å². The van der Waals surface area contributed by atoms with Gasteiger partial charge in [0.25, 0.3) is 5.91 Å². The Morgan fingerprint density at radius 2 is 2.11 bits per heavy atom. The Morgan fingerprint density at radius 3 is 2.56 bits per heavy atom. The maximum absolute atomic E-state index is 12.4. The van der Waals surface area contributed by atoms with Crippen molar-refractivity contribution < 1.29 is 22.7 Å². The molecule has 0 radical (unpaired) electrons. The largest absolute Gasteiger partial charge is 0.406 e. The van der Waals surface area contributed by atoms with Crippen LogP contribution in [0.2, 0.25) is 0 Å². The second-order valence-corrected chi connectivity index (χ2v) is 4.43. The first-order valence-corrected chi connectivity index (χ1v) is 6.08. The van der Waals surface area contributed by atoms with Gasteiger partial charge in [-0.2, -0.15) is 13.2 Å². The van der Waals surface area contributed by atoms with Gasteiger partial charge in [0.1, 0.15) is 12.6 Å². The minimum absolute atomic E-state index is 0.0888. The van der Waals surface area contributed by atoms with Gasteiger partial charge in [-0.3, -0.25) is 4.79 Å². The van der Waals surface area contributed by atoms with Gasteiger partial charge in [0.2, 0.25) is 0 Å². The highest BCUT2D eigenvalue weighted by Crippen LogP contribution is 2.23. The average molecular weight is 268 g/mol. The molecule has 18 heavy (non-hydrogen) atoms. The van der Waals surface area contributed by atoms with Crippen LogP contribution in [0.4, 0.5) is 13.2 Å². The number of nitrogens with two attached hydrogens (primary N) is 1. The van der Waals surface area contributed by atoms with Crippen LogP contribution >= 0.6 is 0 Å². The second-order valence-electron chi connectivity index (χ2n) is 4.43. The highest BCUT2D eigenvalue weighted by atomic mass is 19.4. The van der Waals surface area contributed by atoms with Crippen LogP contribution in [-0.4, -0.2) is 48.8 Å². The van der Waals surface area contributed by atoms with Gasteiger partial charge in [0, 0.05) is 13.1 Å². The van der Waals surface area contributed by atoms with Crippen LogP contribution in [0.15, 0.2) is 0 Å². The monoisotopic (exact) mass is 268 g/mol. The van der Waals surface area contributed by atoms with E-state index in [2.05, 4.69) is 0 Å². The quantitative estimate of drug-likeness (QED) is 0.817. The topological polar surface area (TPSA) is 55.6 Å². The van der Waals surface area contributed by atoms with Gasteiger partial charge in [-0.15, -0.1) is 0 Å². The van der Waals surface area contributed by atoms with Crippen molar-refractivity contribution in [3.63, 3.8) is 0 Å². The predicted molar refractivity (Wildman–Crippen MR) is 59.9 cm³/mol. The zero-order valence-electron chi connectivity index (χ0n) is 10.4. The number of hydrogen-bond acceptors (Lipinski definition) is 3. The SMILES string of the molecule is CCCN(CC(F)(F)F)C(=O)C1CCC(CN)O1. The van der Waals surface area contributed by atoms with E-state index in [1.165, 1.54) is 0 Å². The molecule has 0 bridgehead atoms. The summed E-state index contributed by atoms with van der Waals surface area (Å²) < 4.78 is 42.4. The first kappa shape index (κ1) is 15.2. The molecule has 1 amide bonds. The Kier molecular flexibility index (Phi) is 5.40. The number of halogens is 3. The normalized spacial score (nSPS) is 24.3. The van der Waals surface area contributed by atoms with Crippen LogP contribution < -0.4 is 5.73 Å². The maximum atomic E-state index is 12.4. The van der Waals surface area contributed by atoms with Crippen LogP contribution in [0.5, 0.6) is 0 Å². The molecule has 7 heteroatoms. The van der Waals surface area contributed by atoms with E-state index in [4.69, 9.17) is 10.5 Å². The fourth-order valence-electron chi connectivity index (χ4n) is 2.02. The summed E-state index contributed by atoms with van der Waals surface area (Å²) in [5.41, 5.74) is 5.40. The van der Waals surface area contributed by atoms with Gasteiger partial charge >= 0.3 is 6.18 Å². The molecule has 0 aromatic heterocycles. The molecule has 1 saturated heterocycles. The number of carbonyl (C=O) groups excluding carboxylic acids is 1. The summed E-state index contributed by atoms with van der Waals surface area (Å²) in [5, 5.41) is 0. The van der Waals surface area contributed by atoms with Crippen molar-refractivity contribution in [3.05, 3.63) is 0 Å². The number of amides is 1. The number of carbonyl (C=O) groups is 1. The fourth-order valence-corrected chi connectivity index (χ4v) is 2.02. The third-order valence-electron chi connectivity index (χ3n) is 2.82. The maximum Gasteiger partial charge on any atom is 0.406 e. The van der Waals surface area contributed by atoms with Crippen molar-refractivity contribution >= 4 is 5.91 Å². The zero-order valence-corrected chi connectivity index (χ0v) is 10.4. The molecule has 1 rings (SSSR count). The highest BCUT2D eigenvalue weighted by molar-refractivity contribution is 5.81. The summed E-state index contributed by atoms with van der Waals surface area (Å²) in [6.45, 7) is 0.893. The third kappa shape index (κ3) is 4.45. The molecule has 0 aromatic carbocycles. The number of alkyl halides is 3. The van der Waals surface area contributed by atoms with Gasteiger partial charge in [0.15, 0.2) is 0 Å². The molecule has 1 aliphatic heterocycles.